The summed E-state index contributed by atoms with van der Waals surface area (Å²) in [7, 11) is 0. The van der Waals surface area contributed by atoms with E-state index in [2.05, 4.69) is 10.3 Å². The van der Waals surface area contributed by atoms with Gasteiger partial charge in [-0.1, -0.05) is 59.6 Å². The average Bonchev–Trinajstić information content (AvgIpc) is 2.69. The molecule has 0 aliphatic carbocycles. The second-order valence-corrected chi connectivity index (χ2v) is 6.95. The van der Waals surface area contributed by atoms with Gasteiger partial charge in [0.15, 0.2) is 0 Å². The molecule has 1 N–H and O–H groups in total. The third-order valence-corrected chi connectivity index (χ3v) is 4.72. The zero-order chi connectivity index (χ0) is 19.7. The Bertz CT molecular complexity index is 1190. The Morgan fingerprint density at radius 2 is 1.75 bits per heavy atom. The van der Waals surface area contributed by atoms with Crippen molar-refractivity contribution in [3.8, 4) is 11.3 Å². The number of carbonyl (C=O) groups excluding carboxylic acids is 1. The molecule has 138 valence electrons. The number of aromatic nitrogens is 1. The molecule has 1 heterocycles. The summed E-state index contributed by atoms with van der Waals surface area (Å²) >= 11 is 5.79. The number of benzene rings is 3. The fourth-order valence-electron chi connectivity index (χ4n) is 3.02. The number of aryl methyl sites for hydroxylation is 1. The van der Waals surface area contributed by atoms with Crippen molar-refractivity contribution in [2.75, 3.05) is 5.32 Å². The molecule has 0 atom stereocenters. The number of hydrogen-bond donors (Lipinski definition) is 1. The van der Waals surface area contributed by atoms with Gasteiger partial charge >= 0.3 is 0 Å². The molecule has 0 aliphatic rings. The molecule has 0 saturated carbocycles. The van der Waals surface area contributed by atoms with Crippen LogP contribution in [0.5, 0.6) is 0 Å². The molecule has 28 heavy (non-hydrogen) atoms. The summed E-state index contributed by atoms with van der Waals surface area (Å²) in [4.78, 5) is 17.6. The summed E-state index contributed by atoms with van der Waals surface area (Å²) in [6, 6.07) is 21.2. The van der Waals surface area contributed by atoms with Gasteiger partial charge in [-0.25, -0.2) is 9.37 Å². The molecule has 0 spiro atoms. The lowest BCUT2D eigenvalue weighted by Gasteiger charge is -2.11. The number of amides is 1. The normalized spacial score (nSPS) is 10.8. The Morgan fingerprint density at radius 3 is 2.50 bits per heavy atom. The predicted octanol–water partition coefficient (Wildman–Crippen LogP) is 6.26. The van der Waals surface area contributed by atoms with E-state index < -0.39 is 11.7 Å². The van der Waals surface area contributed by atoms with Crippen molar-refractivity contribution < 1.29 is 9.18 Å². The van der Waals surface area contributed by atoms with Gasteiger partial charge in [-0.2, -0.15) is 0 Å². The van der Waals surface area contributed by atoms with E-state index >= 15 is 0 Å². The molecular formula is C23H16ClFN2O. The number of rotatable bonds is 3. The van der Waals surface area contributed by atoms with Crippen LogP contribution in [-0.2, 0) is 0 Å². The minimum atomic E-state index is -0.585. The summed E-state index contributed by atoms with van der Waals surface area (Å²) in [5.41, 5.74) is 3.93. The van der Waals surface area contributed by atoms with E-state index in [0.29, 0.717) is 22.2 Å². The average molecular weight is 391 g/mol. The number of fused-ring (bicyclic) bond motifs is 1. The Morgan fingerprint density at radius 1 is 1.00 bits per heavy atom. The second-order valence-electron chi connectivity index (χ2n) is 6.52. The van der Waals surface area contributed by atoms with Crippen LogP contribution in [0, 0.1) is 12.7 Å². The molecule has 3 nitrogen and oxygen atoms in total. The summed E-state index contributed by atoms with van der Waals surface area (Å²) in [6.45, 7) is 2.01. The van der Waals surface area contributed by atoms with Crippen molar-refractivity contribution in [1.82, 2.24) is 4.98 Å². The molecule has 0 fully saturated rings. The van der Waals surface area contributed by atoms with Crippen LogP contribution in [0.15, 0.2) is 72.8 Å². The van der Waals surface area contributed by atoms with E-state index in [1.165, 1.54) is 18.2 Å². The minimum Gasteiger partial charge on any atom is -0.319 e. The number of pyridine rings is 1. The third-order valence-electron chi connectivity index (χ3n) is 4.49. The number of halogens is 2. The lowest BCUT2D eigenvalue weighted by molar-refractivity contribution is 0.102. The monoisotopic (exact) mass is 390 g/mol. The second kappa shape index (κ2) is 7.41. The maximum absolute atomic E-state index is 14.1. The van der Waals surface area contributed by atoms with Gasteiger partial charge in [-0.05, 0) is 37.3 Å². The van der Waals surface area contributed by atoms with Crippen LogP contribution in [0.2, 0.25) is 5.02 Å². The number of nitrogens with one attached hydrogen (secondary N) is 1. The molecule has 0 aliphatic heterocycles. The number of carbonyl (C=O) groups is 1. The first-order chi connectivity index (χ1) is 13.5. The quantitative estimate of drug-likeness (QED) is 0.449. The number of hydrogen-bond acceptors (Lipinski definition) is 2. The zero-order valence-electron chi connectivity index (χ0n) is 15.0. The first-order valence-electron chi connectivity index (χ1n) is 8.74. The van der Waals surface area contributed by atoms with Gasteiger partial charge in [0.1, 0.15) is 5.82 Å². The van der Waals surface area contributed by atoms with Gasteiger partial charge < -0.3 is 5.32 Å². The van der Waals surface area contributed by atoms with Crippen molar-refractivity contribution in [2.24, 2.45) is 0 Å². The van der Waals surface area contributed by atoms with Crippen molar-refractivity contribution >= 4 is 34.1 Å². The molecule has 4 rings (SSSR count). The highest BCUT2D eigenvalue weighted by Gasteiger charge is 2.15. The van der Waals surface area contributed by atoms with Crippen LogP contribution in [0.4, 0.5) is 10.1 Å². The maximum atomic E-state index is 14.1. The number of nitrogens with zero attached hydrogens (tertiary/aromatic N) is 1. The van der Waals surface area contributed by atoms with Gasteiger partial charge in [-0.3, -0.25) is 4.79 Å². The first-order valence-corrected chi connectivity index (χ1v) is 9.12. The van der Waals surface area contributed by atoms with E-state index in [1.54, 1.807) is 6.07 Å². The molecule has 3 aromatic carbocycles. The van der Waals surface area contributed by atoms with Crippen molar-refractivity contribution in [3.05, 3.63) is 94.8 Å². The van der Waals surface area contributed by atoms with Crippen LogP contribution >= 0.6 is 11.6 Å². The molecule has 0 saturated heterocycles. The van der Waals surface area contributed by atoms with Crippen LogP contribution in [0.1, 0.15) is 15.9 Å². The zero-order valence-corrected chi connectivity index (χ0v) is 15.8. The van der Waals surface area contributed by atoms with Gasteiger partial charge in [0.25, 0.3) is 5.91 Å². The number of anilines is 1. The van der Waals surface area contributed by atoms with E-state index in [0.717, 1.165) is 11.1 Å². The van der Waals surface area contributed by atoms with Gasteiger partial charge in [0, 0.05) is 16.0 Å². The van der Waals surface area contributed by atoms with Crippen molar-refractivity contribution in [3.63, 3.8) is 0 Å². The lowest BCUT2D eigenvalue weighted by Crippen LogP contribution is -2.14. The van der Waals surface area contributed by atoms with Crippen molar-refractivity contribution in [2.45, 2.75) is 6.92 Å². The Hall–Kier alpha value is -3.24. The highest BCUT2D eigenvalue weighted by molar-refractivity contribution is 6.30. The van der Waals surface area contributed by atoms with Crippen molar-refractivity contribution in [1.29, 1.82) is 0 Å². The van der Waals surface area contributed by atoms with Gasteiger partial charge in [-0.15, -0.1) is 0 Å². The van der Waals surface area contributed by atoms with Gasteiger partial charge in [0.2, 0.25) is 0 Å². The maximum Gasteiger partial charge on any atom is 0.256 e. The Labute approximate surface area is 166 Å². The highest BCUT2D eigenvalue weighted by Crippen LogP contribution is 2.27. The number of para-hydroxylation sites is 1. The van der Waals surface area contributed by atoms with E-state index in [9.17, 15) is 9.18 Å². The molecule has 4 aromatic rings. The third kappa shape index (κ3) is 3.59. The molecule has 0 bridgehead atoms. The molecule has 5 heteroatoms. The summed E-state index contributed by atoms with van der Waals surface area (Å²) in [6.07, 6.45) is 0. The van der Waals surface area contributed by atoms with Gasteiger partial charge in [0.05, 0.1) is 22.5 Å². The van der Waals surface area contributed by atoms with Crippen LogP contribution in [0.25, 0.3) is 22.2 Å². The topological polar surface area (TPSA) is 42.0 Å². The summed E-state index contributed by atoms with van der Waals surface area (Å²) in [5.74, 6) is -0.994. The SMILES string of the molecule is Cc1ccc(-c2cc(C(=O)Nc3ccc(Cl)cc3F)c3ccccc3n2)cc1. The molecule has 0 unspecified atom stereocenters. The van der Waals surface area contributed by atoms with Crippen LogP contribution < -0.4 is 5.32 Å². The van der Waals surface area contributed by atoms with Crippen LogP contribution in [-0.4, -0.2) is 10.9 Å². The largest absolute Gasteiger partial charge is 0.319 e. The Kier molecular flexibility index (Phi) is 4.80. The standard InChI is InChI=1S/C23H16ClFN2O/c1-14-6-8-15(9-7-14)22-13-18(17-4-2-3-5-20(17)26-22)23(28)27-21-11-10-16(24)12-19(21)25/h2-13H,1H3,(H,27,28). The fourth-order valence-corrected chi connectivity index (χ4v) is 3.17. The highest BCUT2D eigenvalue weighted by atomic mass is 35.5. The molecule has 0 radical (unpaired) electrons. The lowest BCUT2D eigenvalue weighted by atomic mass is 10.0. The molecule has 1 aromatic heterocycles. The molecule has 1 amide bonds. The van der Waals surface area contributed by atoms with E-state index in [-0.39, 0.29) is 10.7 Å². The summed E-state index contributed by atoms with van der Waals surface area (Å²) < 4.78 is 14.1. The summed E-state index contributed by atoms with van der Waals surface area (Å²) in [5, 5.41) is 3.60. The Balaban J connectivity index is 1.80. The van der Waals surface area contributed by atoms with Crippen LogP contribution in [0.3, 0.4) is 0 Å². The van der Waals surface area contributed by atoms with E-state index in [1.807, 2.05) is 55.5 Å². The fraction of sp³-hybridized carbons (Fsp3) is 0.0435. The van der Waals surface area contributed by atoms with E-state index in [4.69, 9.17) is 11.6 Å². The minimum absolute atomic E-state index is 0.0761. The first kappa shape index (κ1) is 18.1. The molecular weight excluding hydrogens is 375 g/mol. The smallest absolute Gasteiger partial charge is 0.256 e. The predicted molar refractivity (Wildman–Crippen MR) is 111 cm³/mol.